The van der Waals surface area contributed by atoms with E-state index in [9.17, 15) is 9.59 Å². The van der Waals surface area contributed by atoms with Crippen molar-refractivity contribution in [2.75, 3.05) is 40.3 Å². The smallest absolute Gasteiger partial charge is 0.317 e. The molecule has 2 aromatic carbocycles. The van der Waals surface area contributed by atoms with Crippen LogP contribution in [-0.2, 0) is 6.54 Å². The summed E-state index contributed by atoms with van der Waals surface area (Å²) in [5.74, 6) is 0.436. The summed E-state index contributed by atoms with van der Waals surface area (Å²) in [5, 5.41) is 5.91. The molecule has 3 rings (SSSR count). The Morgan fingerprint density at radius 1 is 1.00 bits per heavy atom. The fraction of sp³-hybridized carbons (Fsp3) is 0.417. The monoisotopic (exact) mass is 408 g/mol. The van der Waals surface area contributed by atoms with Gasteiger partial charge in [0, 0.05) is 38.3 Å². The fourth-order valence-electron chi connectivity index (χ4n) is 3.75. The first-order chi connectivity index (χ1) is 14.5. The third kappa shape index (κ3) is 6.32. The number of nitrogens with zero attached hydrogens (tertiary/aromatic N) is 2. The zero-order chi connectivity index (χ0) is 21.3. The summed E-state index contributed by atoms with van der Waals surface area (Å²) >= 11 is 0. The molecule has 1 saturated heterocycles. The topological polar surface area (TPSA) is 64.7 Å². The lowest BCUT2D eigenvalue weighted by molar-refractivity contribution is 0.0951. The molecule has 0 aromatic heterocycles. The molecule has 1 aliphatic rings. The lowest BCUT2D eigenvalue weighted by Crippen LogP contribution is -2.43. The van der Waals surface area contributed by atoms with Crippen LogP contribution in [0.1, 0.15) is 40.2 Å². The van der Waals surface area contributed by atoms with Crippen molar-refractivity contribution < 1.29 is 9.59 Å². The van der Waals surface area contributed by atoms with Crippen molar-refractivity contribution in [3.8, 4) is 0 Å². The van der Waals surface area contributed by atoms with E-state index >= 15 is 0 Å². The number of rotatable bonds is 7. The van der Waals surface area contributed by atoms with Gasteiger partial charge in [0.25, 0.3) is 5.91 Å². The highest BCUT2D eigenvalue weighted by Gasteiger charge is 2.23. The van der Waals surface area contributed by atoms with Crippen LogP contribution in [0.15, 0.2) is 54.6 Å². The second-order valence-electron chi connectivity index (χ2n) is 8.09. The maximum absolute atomic E-state index is 12.6. The molecule has 1 aliphatic heterocycles. The third-order valence-electron chi connectivity index (χ3n) is 5.53. The number of likely N-dealkylation sites (N-methyl/N-ethyl adjacent to an activating group) is 1. The van der Waals surface area contributed by atoms with Crippen LogP contribution >= 0.6 is 0 Å². The average Bonchev–Trinajstić information content (AvgIpc) is 2.78. The Morgan fingerprint density at radius 3 is 2.43 bits per heavy atom. The van der Waals surface area contributed by atoms with Crippen molar-refractivity contribution in [1.82, 2.24) is 20.4 Å². The Kier molecular flexibility index (Phi) is 7.85. The maximum Gasteiger partial charge on any atom is 0.317 e. The van der Waals surface area contributed by atoms with E-state index in [1.54, 1.807) is 6.07 Å². The Bertz CT molecular complexity index is 830. The molecule has 2 aromatic rings. The summed E-state index contributed by atoms with van der Waals surface area (Å²) in [7, 11) is 3.94. The minimum absolute atomic E-state index is 0.0395. The lowest BCUT2D eigenvalue weighted by Gasteiger charge is -2.32. The number of likely N-dealkylation sites (tertiary alicyclic amines) is 1. The second kappa shape index (κ2) is 10.8. The summed E-state index contributed by atoms with van der Waals surface area (Å²) in [6, 6.07) is 17.9. The summed E-state index contributed by atoms with van der Waals surface area (Å²) in [6.07, 6.45) is 1.97. The van der Waals surface area contributed by atoms with E-state index in [1.165, 1.54) is 5.56 Å². The first kappa shape index (κ1) is 21.8. The lowest BCUT2D eigenvalue weighted by atomic mass is 9.90. The second-order valence-corrected chi connectivity index (χ2v) is 8.09. The van der Waals surface area contributed by atoms with Gasteiger partial charge in [0.1, 0.15) is 0 Å². The predicted molar refractivity (Wildman–Crippen MR) is 120 cm³/mol. The normalized spacial score (nSPS) is 14.6. The van der Waals surface area contributed by atoms with Crippen LogP contribution in [0.2, 0.25) is 0 Å². The molecule has 6 heteroatoms. The van der Waals surface area contributed by atoms with Crippen molar-refractivity contribution in [3.05, 3.63) is 71.3 Å². The van der Waals surface area contributed by atoms with Crippen LogP contribution < -0.4 is 10.6 Å². The molecule has 1 fully saturated rings. The van der Waals surface area contributed by atoms with Crippen molar-refractivity contribution >= 4 is 11.9 Å². The molecule has 2 N–H and O–H groups in total. The van der Waals surface area contributed by atoms with Gasteiger partial charge in [0.05, 0.1) is 0 Å². The van der Waals surface area contributed by atoms with Gasteiger partial charge in [-0.2, -0.15) is 0 Å². The molecule has 0 aliphatic carbocycles. The van der Waals surface area contributed by atoms with E-state index < -0.39 is 0 Å². The van der Waals surface area contributed by atoms with Crippen LogP contribution in [0.5, 0.6) is 0 Å². The molecule has 0 bridgehead atoms. The van der Waals surface area contributed by atoms with Gasteiger partial charge < -0.3 is 20.4 Å². The predicted octanol–water partition coefficient (Wildman–Crippen LogP) is 3.07. The third-order valence-corrected chi connectivity index (χ3v) is 5.53. The Hall–Kier alpha value is -2.86. The van der Waals surface area contributed by atoms with E-state index in [4.69, 9.17) is 0 Å². The maximum atomic E-state index is 12.6. The number of amides is 3. The number of hydrogen-bond donors (Lipinski definition) is 2. The molecule has 160 valence electrons. The zero-order valence-corrected chi connectivity index (χ0v) is 17.9. The first-order valence-corrected chi connectivity index (χ1v) is 10.6. The molecular weight excluding hydrogens is 376 g/mol. The van der Waals surface area contributed by atoms with Gasteiger partial charge in [0.15, 0.2) is 0 Å². The largest absolute Gasteiger partial charge is 0.351 e. The van der Waals surface area contributed by atoms with E-state index in [0.717, 1.165) is 38.0 Å². The Balaban J connectivity index is 1.45. The van der Waals surface area contributed by atoms with Gasteiger partial charge in [-0.1, -0.05) is 42.5 Å². The number of carbonyl (C=O) groups excluding carboxylic acids is 2. The quantitative estimate of drug-likeness (QED) is 0.740. The van der Waals surface area contributed by atoms with Gasteiger partial charge in [-0.15, -0.1) is 0 Å². The number of urea groups is 1. The van der Waals surface area contributed by atoms with Gasteiger partial charge in [-0.25, -0.2) is 4.79 Å². The minimum Gasteiger partial charge on any atom is -0.351 e. The first-order valence-electron chi connectivity index (χ1n) is 10.6. The SMILES string of the molecule is CN(C)CCNC(=O)c1cccc(CNC(=O)N2CCC(c3ccccc3)CC2)c1. The molecule has 0 atom stereocenters. The van der Waals surface area contributed by atoms with Crippen LogP contribution in [0.25, 0.3) is 0 Å². The molecular formula is C24H32N4O2. The molecule has 0 radical (unpaired) electrons. The fourth-order valence-corrected chi connectivity index (χ4v) is 3.75. The Morgan fingerprint density at radius 2 is 1.73 bits per heavy atom. The number of nitrogens with one attached hydrogen (secondary N) is 2. The van der Waals surface area contributed by atoms with Crippen LogP contribution in [0, 0.1) is 0 Å². The standard InChI is InChI=1S/C24H32N4O2/c1-27(2)16-13-25-23(29)22-10-6-7-19(17-22)18-26-24(30)28-14-11-21(12-15-28)20-8-4-3-5-9-20/h3-10,17,21H,11-16,18H2,1-2H3,(H,25,29)(H,26,30). The molecule has 1 heterocycles. The van der Waals surface area contributed by atoms with Gasteiger partial charge >= 0.3 is 6.03 Å². The zero-order valence-electron chi connectivity index (χ0n) is 17.9. The highest BCUT2D eigenvalue weighted by Crippen LogP contribution is 2.27. The van der Waals surface area contributed by atoms with Crippen LogP contribution in [0.4, 0.5) is 4.79 Å². The molecule has 30 heavy (non-hydrogen) atoms. The number of piperidine rings is 1. The average molecular weight is 409 g/mol. The van der Waals surface area contributed by atoms with E-state index in [0.29, 0.717) is 24.6 Å². The molecule has 0 unspecified atom stereocenters. The van der Waals surface area contributed by atoms with E-state index in [-0.39, 0.29) is 11.9 Å². The van der Waals surface area contributed by atoms with Crippen LogP contribution in [0.3, 0.4) is 0 Å². The Labute approximate surface area is 179 Å². The van der Waals surface area contributed by atoms with E-state index in [2.05, 4.69) is 34.9 Å². The highest BCUT2D eigenvalue weighted by atomic mass is 16.2. The number of hydrogen-bond acceptors (Lipinski definition) is 3. The van der Waals surface area contributed by atoms with Gasteiger partial charge in [-0.3, -0.25) is 4.79 Å². The molecule has 6 nitrogen and oxygen atoms in total. The number of benzene rings is 2. The molecule has 0 spiro atoms. The van der Waals surface area contributed by atoms with Crippen molar-refractivity contribution in [2.24, 2.45) is 0 Å². The summed E-state index contributed by atoms with van der Waals surface area (Å²) in [6.45, 7) is 3.34. The summed E-state index contributed by atoms with van der Waals surface area (Å²) in [5.41, 5.74) is 2.89. The minimum atomic E-state index is -0.0898. The molecule has 3 amide bonds. The summed E-state index contributed by atoms with van der Waals surface area (Å²) in [4.78, 5) is 28.8. The van der Waals surface area contributed by atoms with Crippen LogP contribution in [-0.4, -0.2) is 62.0 Å². The van der Waals surface area contributed by atoms with Crippen molar-refractivity contribution in [1.29, 1.82) is 0 Å². The van der Waals surface area contributed by atoms with Gasteiger partial charge in [0.2, 0.25) is 0 Å². The number of carbonyl (C=O) groups is 2. The summed E-state index contributed by atoms with van der Waals surface area (Å²) < 4.78 is 0. The van der Waals surface area contributed by atoms with E-state index in [1.807, 2.05) is 48.2 Å². The van der Waals surface area contributed by atoms with Gasteiger partial charge in [-0.05, 0) is 56.1 Å². The highest BCUT2D eigenvalue weighted by molar-refractivity contribution is 5.94. The van der Waals surface area contributed by atoms with Crippen molar-refractivity contribution in [3.63, 3.8) is 0 Å². The molecule has 0 saturated carbocycles. The van der Waals surface area contributed by atoms with Crippen molar-refractivity contribution in [2.45, 2.75) is 25.3 Å².